The molecule has 0 saturated heterocycles. The SMILES string of the molecule is Cc1cc(NC(=O)Nc2nc(=O)c(-c3ccc(CN(CCCN)CCCN(C)C(=N)N)cc3)c[nH]2)c(F)cc1F. The van der Waals surface area contributed by atoms with Crippen molar-refractivity contribution in [3.63, 3.8) is 0 Å². The summed E-state index contributed by atoms with van der Waals surface area (Å²) in [7, 11) is 1.79. The summed E-state index contributed by atoms with van der Waals surface area (Å²) < 4.78 is 27.4. The number of carbonyl (C=O) groups is 1. The van der Waals surface area contributed by atoms with Gasteiger partial charge < -0.3 is 26.7 Å². The van der Waals surface area contributed by atoms with E-state index in [2.05, 4.69) is 25.5 Å². The number of aromatic amines is 1. The quantitative estimate of drug-likeness (QED) is 0.147. The number of urea groups is 1. The molecule has 1 aromatic heterocycles. The predicted molar refractivity (Wildman–Crippen MR) is 152 cm³/mol. The van der Waals surface area contributed by atoms with Gasteiger partial charge in [0.25, 0.3) is 5.56 Å². The topological polar surface area (TPSA) is 169 Å². The van der Waals surface area contributed by atoms with Gasteiger partial charge in [-0.2, -0.15) is 4.98 Å². The number of H-pyrrole nitrogens is 1. The van der Waals surface area contributed by atoms with Crippen molar-refractivity contribution in [2.24, 2.45) is 11.5 Å². The molecule has 0 radical (unpaired) electrons. The summed E-state index contributed by atoms with van der Waals surface area (Å²) in [4.78, 5) is 35.5. The number of carbonyl (C=O) groups excluding carboxylic acids is 1. The number of hydrogen-bond acceptors (Lipinski definition) is 6. The average molecular weight is 556 g/mol. The Morgan fingerprint density at radius 2 is 1.77 bits per heavy atom. The van der Waals surface area contributed by atoms with Crippen molar-refractivity contribution < 1.29 is 13.6 Å². The zero-order valence-electron chi connectivity index (χ0n) is 22.6. The molecule has 2 amide bonds. The van der Waals surface area contributed by atoms with Crippen LogP contribution in [0.5, 0.6) is 0 Å². The molecule has 0 aliphatic heterocycles. The van der Waals surface area contributed by atoms with Gasteiger partial charge in [0.1, 0.15) is 11.6 Å². The maximum Gasteiger partial charge on any atom is 0.326 e. The molecule has 0 bridgehead atoms. The highest BCUT2D eigenvalue weighted by Gasteiger charge is 2.13. The van der Waals surface area contributed by atoms with E-state index < -0.39 is 23.2 Å². The number of aryl methyl sites for hydroxylation is 1. The van der Waals surface area contributed by atoms with E-state index in [4.69, 9.17) is 16.9 Å². The number of rotatable bonds is 12. The number of nitrogens with one attached hydrogen (secondary N) is 4. The van der Waals surface area contributed by atoms with Crippen LogP contribution in [0.15, 0.2) is 47.4 Å². The van der Waals surface area contributed by atoms with E-state index in [1.807, 2.05) is 24.3 Å². The molecule has 0 spiro atoms. The lowest BCUT2D eigenvalue weighted by Gasteiger charge is -2.24. The lowest BCUT2D eigenvalue weighted by Crippen LogP contribution is -2.35. The number of aromatic nitrogens is 2. The van der Waals surface area contributed by atoms with Crippen molar-refractivity contribution in [3.8, 4) is 11.1 Å². The van der Waals surface area contributed by atoms with Gasteiger partial charge >= 0.3 is 6.03 Å². The average Bonchev–Trinajstić information content (AvgIpc) is 2.90. The molecular formula is C27H35F2N9O2. The summed E-state index contributed by atoms with van der Waals surface area (Å²) in [5.41, 5.74) is 12.6. The molecule has 0 unspecified atom stereocenters. The van der Waals surface area contributed by atoms with Crippen LogP contribution >= 0.6 is 0 Å². The maximum absolute atomic E-state index is 13.9. The van der Waals surface area contributed by atoms with Crippen molar-refractivity contribution in [3.05, 3.63) is 75.7 Å². The van der Waals surface area contributed by atoms with Crippen LogP contribution in [-0.2, 0) is 6.54 Å². The molecule has 0 saturated carbocycles. The van der Waals surface area contributed by atoms with Gasteiger partial charge in [-0.3, -0.25) is 20.4 Å². The van der Waals surface area contributed by atoms with Crippen LogP contribution in [0.4, 0.5) is 25.2 Å². The van der Waals surface area contributed by atoms with Crippen LogP contribution in [-0.4, -0.2) is 65.0 Å². The molecule has 1 heterocycles. The molecule has 3 aromatic rings. The number of nitrogens with zero attached hydrogens (tertiary/aromatic N) is 3. The Labute approximate surface area is 231 Å². The van der Waals surface area contributed by atoms with Crippen molar-refractivity contribution in [2.45, 2.75) is 26.3 Å². The predicted octanol–water partition coefficient (Wildman–Crippen LogP) is 3.03. The van der Waals surface area contributed by atoms with Crippen LogP contribution in [0.3, 0.4) is 0 Å². The molecule has 40 heavy (non-hydrogen) atoms. The lowest BCUT2D eigenvalue weighted by atomic mass is 10.1. The van der Waals surface area contributed by atoms with Gasteiger partial charge in [-0.15, -0.1) is 0 Å². The van der Waals surface area contributed by atoms with Gasteiger partial charge in [0.15, 0.2) is 5.96 Å². The first-order valence-electron chi connectivity index (χ1n) is 12.8. The van der Waals surface area contributed by atoms with Crippen molar-refractivity contribution in [2.75, 3.05) is 43.9 Å². The lowest BCUT2D eigenvalue weighted by molar-refractivity contribution is 0.252. The normalized spacial score (nSPS) is 10.9. The minimum absolute atomic E-state index is 0.0381. The van der Waals surface area contributed by atoms with E-state index in [0.29, 0.717) is 36.8 Å². The Bertz CT molecular complexity index is 1380. The number of guanidine groups is 1. The van der Waals surface area contributed by atoms with Crippen molar-refractivity contribution in [1.82, 2.24) is 19.8 Å². The van der Waals surface area contributed by atoms with E-state index in [1.54, 1.807) is 11.9 Å². The minimum atomic E-state index is -0.929. The summed E-state index contributed by atoms with van der Waals surface area (Å²) in [6.45, 7) is 5.06. The highest BCUT2D eigenvalue weighted by Crippen LogP contribution is 2.20. The molecule has 0 aliphatic carbocycles. The zero-order chi connectivity index (χ0) is 29.2. The number of benzene rings is 2. The third-order valence-corrected chi connectivity index (χ3v) is 6.25. The first-order valence-corrected chi connectivity index (χ1v) is 12.8. The molecule has 11 nitrogen and oxygen atoms in total. The molecule has 3 rings (SSSR count). The number of anilines is 2. The monoisotopic (exact) mass is 555 g/mol. The number of amides is 2. The van der Waals surface area contributed by atoms with E-state index in [9.17, 15) is 18.4 Å². The fourth-order valence-electron chi connectivity index (χ4n) is 3.97. The van der Waals surface area contributed by atoms with Gasteiger partial charge in [0.05, 0.1) is 11.3 Å². The van der Waals surface area contributed by atoms with Crippen molar-refractivity contribution >= 4 is 23.6 Å². The summed E-state index contributed by atoms with van der Waals surface area (Å²) in [6, 6.07) is 8.51. The second-order valence-electron chi connectivity index (χ2n) is 9.40. The zero-order valence-corrected chi connectivity index (χ0v) is 22.6. The highest BCUT2D eigenvalue weighted by atomic mass is 19.1. The molecular weight excluding hydrogens is 520 g/mol. The number of halogens is 2. The summed E-state index contributed by atoms with van der Waals surface area (Å²) in [6.07, 6.45) is 3.14. The first-order chi connectivity index (χ1) is 19.1. The van der Waals surface area contributed by atoms with E-state index in [1.165, 1.54) is 13.1 Å². The fourth-order valence-corrected chi connectivity index (χ4v) is 3.97. The first kappa shape index (κ1) is 30.2. The summed E-state index contributed by atoms with van der Waals surface area (Å²) in [5.74, 6) is -1.75. The van der Waals surface area contributed by atoms with E-state index in [0.717, 1.165) is 37.6 Å². The Hall–Kier alpha value is -4.36. The largest absolute Gasteiger partial charge is 0.370 e. The van der Waals surface area contributed by atoms with Crippen LogP contribution in [0.1, 0.15) is 24.0 Å². The summed E-state index contributed by atoms with van der Waals surface area (Å²) >= 11 is 0. The van der Waals surface area contributed by atoms with Gasteiger partial charge in [0, 0.05) is 38.9 Å². The Kier molecular flexibility index (Phi) is 10.7. The summed E-state index contributed by atoms with van der Waals surface area (Å²) in [5, 5.41) is 12.1. The second-order valence-corrected chi connectivity index (χ2v) is 9.40. The van der Waals surface area contributed by atoms with Gasteiger partial charge in [-0.05, 0) is 55.6 Å². The molecule has 13 heteroatoms. The van der Waals surface area contributed by atoms with Crippen LogP contribution in [0.2, 0.25) is 0 Å². The van der Waals surface area contributed by atoms with E-state index >= 15 is 0 Å². The molecule has 0 aliphatic rings. The Morgan fingerprint density at radius 3 is 2.42 bits per heavy atom. The molecule has 0 fully saturated rings. The molecule has 2 aromatic carbocycles. The third kappa shape index (κ3) is 8.58. The van der Waals surface area contributed by atoms with Gasteiger partial charge in [-0.25, -0.2) is 13.6 Å². The fraction of sp³-hybridized carbons (Fsp3) is 0.333. The van der Waals surface area contributed by atoms with Crippen LogP contribution in [0.25, 0.3) is 11.1 Å². The van der Waals surface area contributed by atoms with Gasteiger partial charge in [0.2, 0.25) is 5.95 Å². The maximum atomic E-state index is 13.9. The molecule has 0 atom stereocenters. The Morgan fingerprint density at radius 1 is 1.07 bits per heavy atom. The number of nitrogens with two attached hydrogens (primary N) is 2. The third-order valence-electron chi connectivity index (χ3n) is 6.25. The van der Waals surface area contributed by atoms with Crippen LogP contribution < -0.4 is 27.7 Å². The van der Waals surface area contributed by atoms with E-state index in [-0.39, 0.29) is 23.2 Å². The van der Waals surface area contributed by atoms with Gasteiger partial charge in [-0.1, -0.05) is 24.3 Å². The Balaban J connectivity index is 1.62. The standard InChI is InChI=1S/C27H35F2N9O2/c1-17-13-23(22(29)14-21(17)28)34-27(40)36-26-33-15-20(24(39)35-26)19-7-5-18(6-8-19)16-38(11-3-9-30)12-4-10-37(2)25(31)32/h5-8,13-15H,3-4,9-12,16,30H2,1-2H3,(H3,31,32)(H3,33,34,35,36,39,40). The van der Waals surface area contributed by atoms with Crippen molar-refractivity contribution in [1.29, 1.82) is 5.41 Å². The molecule has 214 valence electrons. The number of hydrogen-bond donors (Lipinski definition) is 6. The van der Waals surface area contributed by atoms with Crippen LogP contribution in [0, 0.1) is 24.0 Å². The highest BCUT2D eigenvalue weighted by molar-refractivity contribution is 5.98. The smallest absolute Gasteiger partial charge is 0.326 e. The molecule has 8 N–H and O–H groups in total. The minimum Gasteiger partial charge on any atom is -0.370 e. The second kappa shape index (κ2) is 14.1.